The third-order valence-corrected chi connectivity index (χ3v) is 3.79. The molecule has 1 amide bonds. The zero-order valence-corrected chi connectivity index (χ0v) is 13.0. The number of nitrogens with zero attached hydrogens (tertiary/aromatic N) is 2. The summed E-state index contributed by atoms with van der Waals surface area (Å²) in [5, 5.41) is 3.00. The first kappa shape index (κ1) is 14.3. The van der Waals surface area contributed by atoms with Crippen LogP contribution in [-0.4, -0.2) is 30.0 Å². The Kier molecular flexibility index (Phi) is 4.80. The molecule has 1 aromatic heterocycles. The standard InChI is InChI=1S/C14H20BrN3O/c1-10(2)17-14(19)11-3-5-18(6-4-11)13-7-12(15)8-16-9-13/h7-11H,3-6H2,1-2H3,(H,17,19). The number of anilines is 1. The fourth-order valence-corrected chi connectivity index (χ4v) is 2.73. The third-order valence-electron chi connectivity index (χ3n) is 3.35. The van der Waals surface area contributed by atoms with Crippen molar-refractivity contribution in [1.82, 2.24) is 10.3 Å². The van der Waals surface area contributed by atoms with E-state index in [1.54, 1.807) is 6.20 Å². The fourth-order valence-electron chi connectivity index (χ4n) is 2.38. The highest BCUT2D eigenvalue weighted by molar-refractivity contribution is 9.10. The van der Waals surface area contributed by atoms with Crippen LogP contribution < -0.4 is 10.2 Å². The van der Waals surface area contributed by atoms with Gasteiger partial charge < -0.3 is 10.2 Å². The van der Waals surface area contributed by atoms with E-state index in [9.17, 15) is 4.79 Å². The van der Waals surface area contributed by atoms with Crippen LogP contribution in [0.15, 0.2) is 22.9 Å². The van der Waals surface area contributed by atoms with Gasteiger partial charge >= 0.3 is 0 Å². The first-order chi connectivity index (χ1) is 9.06. The summed E-state index contributed by atoms with van der Waals surface area (Å²) in [6.07, 6.45) is 5.47. The molecule has 0 radical (unpaired) electrons. The Balaban J connectivity index is 1.90. The van der Waals surface area contributed by atoms with Crippen molar-refractivity contribution in [2.75, 3.05) is 18.0 Å². The number of carbonyl (C=O) groups excluding carboxylic acids is 1. The fraction of sp³-hybridized carbons (Fsp3) is 0.571. The number of carbonyl (C=O) groups is 1. The van der Waals surface area contributed by atoms with Crippen LogP contribution >= 0.6 is 15.9 Å². The zero-order valence-electron chi connectivity index (χ0n) is 11.4. The minimum Gasteiger partial charge on any atom is -0.370 e. The second-order valence-electron chi connectivity index (χ2n) is 5.29. The van der Waals surface area contributed by atoms with E-state index in [0.717, 1.165) is 36.1 Å². The Labute approximate surface area is 122 Å². The minimum atomic E-state index is 0.152. The molecule has 0 aromatic carbocycles. The van der Waals surface area contributed by atoms with Crippen molar-refractivity contribution in [2.24, 2.45) is 5.92 Å². The van der Waals surface area contributed by atoms with Gasteiger partial charge in [-0.05, 0) is 48.7 Å². The lowest BCUT2D eigenvalue weighted by atomic mass is 9.95. The molecule has 0 unspecified atom stereocenters. The highest BCUT2D eigenvalue weighted by atomic mass is 79.9. The first-order valence-corrected chi connectivity index (χ1v) is 7.51. The number of nitrogens with one attached hydrogen (secondary N) is 1. The first-order valence-electron chi connectivity index (χ1n) is 6.72. The topological polar surface area (TPSA) is 45.2 Å². The number of aromatic nitrogens is 1. The Hall–Kier alpha value is -1.10. The van der Waals surface area contributed by atoms with E-state index in [-0.39, 0.29) is 17.9 Å². The normalized spacial score (nSPS) is 16.7. The summed E-state index contributed by atoms with van der Waals surface area (Å²) in [4.78, 5) is 18.4. The highest BCUT2D eigenvalue weighted by Gasteiger charge is 2.25. The van der Waals surface area contributed by atoms with Gasteiger partial charge in [-0.1, -0.05) is 0 Å². The lowest BCUT2D eigenvalue weighted by molar-refractivity contribution is -0.126. The molecule has 4 nitrogen and oxygen atoms in total. The summed E-state index contributed by atoms with van der Waals surface area (Å²) in [6.45, 7) is 5.82. The van der Waals surface area contributed by atoms with Crippen LogP contribution in [0.5, 0.6) is 0 Å². The molecule has 2 rings (SSSR count). The van der Waals surface area contributed by atoms with E-state index in [1.165, 1.54) is 0 Å². The molecule has 0 aliphatic carbocycles. The summed E-state index contributed by atoms with van der Waals surface area (Å²) in [5.74, 6) is 0.348. The van der Waals surface area contributed by atoms with Gasteiger partial charge in [-0.15, -0.1) is 0 Å². The lowest BCUT2D eigenvalue weighted by Crippen LogP contribution is -2.42. The van der Waals surface area contributed by atoms with Gasteiger partial charge in [0, 0.05) is 35.7 Å². The van der Waals surface area contributed by atoms with Gasteiger partial charge in [-0.2, -0.15) is 0 Å². The van der Waals surface area contributed by atoms with Crippen LogP contribution in [0.2, 0.25) is 0 Å². The minimum absolute atomic E-state index is 0.152. The number of hydrogen-bond acceptors (Lipinski definition) is 3. The molecule has 1 saturated heterocycles. The van der Waals surface area contributed by atoms with Crippen LogP contribution in [0.25, 0.3) is 0 Å². The van der Waals surface area contributed by atoms with Gasteiger partial charge in [-0.25, -0.2) is 0 Å². The molecular weight excluding hydrogens is 306 g/mol. The van der Waals surface area contributed by atoms with Gasteiger partial charge in [0.1, 0.15) is 0 Å². The molecule has 1 fully saturated rings. The second-order valence-corrected chi connectivity index (χ2v) is 6.20. The molecule has 104 valence electrons. The molecule has 5 heteroatoms. The van der Waals surface area contributed by atoms with E-state index in [0.29, 0.717) is 0 Å². The lowest BCUT2D eigenvalue weighted by Gasteiger charge is -2.33. The maximum atomic E-state index is 12.0. The number of rotatable bonds is 3. The molecule has 19 heavy (non-hydrogen) atoms. The molecule has 1 N–H and O–H groups in total. The molecule has 0 bridgehead atoms. The maximum Gasteiger partial charge on any atom is 0.223 e. The molecular formula is C14H20BrN3O. The van der Waals surface area contributed by atoms with Gasteiger partial charge in [0.25, 0.3) is 0 Å². The van der Waals surface area contributed by atoms with Crippen molar-refractivity contribution in [3.63, 3.8) is 0 Å². The summed E-state index contributed by atoms with van der Waals surface area (Å²) < 4.78 is 0.990. The van der Waals surface area contributed by atoms with Crippen molar-refractivity contribution in [1.29, 1.82) is 0 Å². The molecule has 1 aromatic rings. The van der Waals surface area contributed by atoms with Gasteiger partial charge in [0.05, 0.1) is 11.9 Å². The summed E-state index contributed by atoms with van der Waals surface area (Å²) in [7, 11) is 0. The van der Waals surface area contributed by atoms with Crippen LogP contribution in [-0.2, 0) is 4.79 Å². The van der Waals surface area contributed by atoms with Crippen LogP contribution in [0, 0.1) is 5.92 Å². The van der Waals surface area contributed by atoms with E-state index in [2.05, 4.69) is 37.2 Å². The largest absolute Gasteiger partial charge is 0.370 e. The Morgan fingerprint density at radius 3 is 2.68 bits per heavy atom. The number of pyridine rings is 1. The van der Waals surface area contributed by atoms with Crippen molar-refractivity contribution in [3.8, 4) is 0 Å². The van der Waals surface area contributed by atoms with Gasteiger partial charge in [0.15, 0.2) is 0 Å². The average molecular weight is 326 g/mol. The van der Waals surface area contributed by atoms with E-state index in [4.69, 9.17) is 0 Å². The predicted molar refractivity (Wildman–Crippen MR) is 80.2 cm³/mol. The summed E-state index contributed by atoms with van der Waals surface area (Å²) >= 11 is 3.44. The zero-order chi connectivity index (χ0) is 13.8. The van der Waals surface area contributed by atoms with Crippen molar-refractivity contribution < 1.29 is 4.79 Å². The number of halogens is 1. The number of hydrogen-bond donors (Lipinski definition) is 1. The average Bonchev–Trinajstić information content (AvgIpc) is 2.38. The van der Waals surface area contributed by atoms with Crippen LogP contribution in [0.3, 0.4) is 0 Å². The Morgan fingerprint density at radius 2 is 2.11 bits per heavy atom. The number of piperidine rings is 1. The maximum absolute atomic E-state index is 12.0. The quantitative estimate of drug-likeness (QED) is 0.929. The molecule has 0 saturated carbocycles. The van der Waals surface area contributed by atoms with Crippen LogP contribution in [0.1, 0.15) is 26.7 Å². The van der Waals surface area contributed by atoms with Crippen LogP contribution in [0.4, 0.5) is 5.69 Å². The summed E-state index contributed by atoms with van der Waals surface area (Å²) in [5.41, 5.74) is 1.12. The second kappa shape index (κ2) is 6.37. The molecule has 0 atom stereocenters. The highest BCUT2D eigenvalue weighted by Crippen LogP contribution is 2.24. The van der Waals surface area contributed by atoms with Gasteiger partial charge in [0.2, 0.25) is 5.91 Å². The monoisotopic (exact) mass is 325 g/mol. The van der Waals surface area contributed by atoms with Crippen molar-refractivity contribution in [3.05, 3.63) is 22.9 Å². The predicted octanol–water partition coefficient (Wildman–Crippen LogP) is 2.59. The third kappa shape index (κ3) is 3.93. The molecule has 0 spiro atoms. The van der Waals surface area contributed by atoms with Crippen molar-refractivity contribution >= 4 is 27.5 Å². The Morgan fingerprint density at radius 1 is 1.42 bits per heavy atom. The molecule has 2 heterocycles. The molecule has 1 aliphatic rings. The van der Waals surface area contributed by atoms with Gasteiger partial charge in [-0.3, -0.25) is 9.78 Å². The van der Waals surface area contributed by atoms with E-state index < -0.39 is 0 Å². The molecule has 1 aliphatic heterocycles. The summed E-state index contributed by atoms with van der Waals surface area (Å²) in [6, 6.07) is 2.29. The number of amides is 1. The van der Waals surface area contributed by atoms with E-state index >= 15 is 0 Å². The Bertz CT molecular complexity index is 442. The smallest absolute Gasteiger partial charge is 0.223 e. The SMILES string of the molecule is CC(C)NC(=O)C1CCN(c2cncc(Br)c2)CC1. The van der Waals surface area contributed by atoms with Crippen molar-refractivity contribution in [2.45, 2.75) is 32.7 Å². The van der Waals surface area contributed by atoms with E-state index in [1.807, 2.05) is 20.0 Å².